The summed E-state index contributed by atoms with van der Waals surface area (Å²) < 4.78 is 1.48. The average molecular weight is 267 g/mol. The van der Waals surface area contributed by atoms with E-state index in [2.05, 4.69) is 10.3 Å². The summed E-state index contributed by atoms with van der Waals surface area (Å²) in [6.45, 7) is 0.751. The van der Waals surface area contributed by atoms with Gasteiger partial charge in [0, 0.05) is 17.1 Å². The van der Waals surface area contributed by atoms with Gasteiger partial charge in [0.25, 0.3) is 0 Å². The highest BCUT2D eigenvalue weighted by Crippen LogP contribution is 2.23. The molecule has 0 amide bonds. The Kier molecular flexibility index (Phi) is 3.59. The number of nitrogens with two attached hydrogens (primary N) is 1. The van der Waals surface area contributed by atoms with E-state index in [0.29, 0.717) is 29.4 Å². The predicted molar refractivity (Wildman–Crippen MR) is 66.5 cm³/mol. The van der Waals surface area contributed by atoms with Crippen molar-refractivity contribution in [1.29, 1.82) is 0 Å². The second kappa shape index (κ2) is 5.16. The van der Waals surface area contributed by atoms with E-state index >= 15 is 0 Å². The van der Waals surface area contributed by atoms with Crippen LogP contribution in [0.4, 0.5) is 0 Å². The molecule has 0 aliphatic heterocycles. The largest absolute Gasteiger partial charge is 0.476 e. The summed E-state index contributed by atoms with van der Waals surface area (Å²) in [5.41, 5.74) is 6.49. The van der Waals surface area contributed by atoms with E-state index in [1.165, 1.54) is 4.68 Å². The topological polar surface area (TPSA) is 94.0 Å². The fourth-order valence-electron chi connectivity index (χ4n) is 1.63. The molecule has 1 aromatic carbocycles. The molecule has 7 heteroatoms. The van der Waals surface area contributed by atoms with Crippen LogP contribution < -0.4 is 5.73 Å². The van der Waals surface area contributed by atoms with Crippen molar-refractivity contribution in [2.45, 2.75) is 6.54 Å². The maximum absolute atomic E-state index is 11.1. The first-order valence-corrected chi connectivity index (χ1v) is 5.64. The standard InChI is InChI=1S/C11H11ClN4O2/c12-8-3-1-7(2-4-8)10-9(11(17)18)14-15-16(10)6-5-13/h1-4H,5-6,13H2,(H,17,18). The highest BCUT2D eigenvalue weighted by Gasteiger charge is 2.20. The molecule has 1 heterocycles. The molecule has 6 nitrogen and oxygen atoms in total. The molecule has 0 radical (unpaired) electrons. The van der Waals surface area contributed by atoms with Crippen molar-refractivity contribution in [2.75, 3.05) is 6.54 Å². The summed E-state index contributed by atoms with van der Waals surface area (Å²) in [5, 5.41) is 17.1. The molecule has 2 aromatic rings. The summed E-state index contributed by atoms with van der Waals surface area (Å²) in [5.74, 6) is -1.12. The summed E-state index contributed by atoms with van der Waals surface area (Å²) in [6.07, 6.45) is 0. The van der Waals surface area contributed by atoms with Crippen molar-refractivity contribution in [2.24, 2.45) is 5.73 Å². The number of benzene rings is 1. The molecule has 0 saturated carbocycles. The van der Waals surface area contributed by atoms with Crippen LogP contribution >= 0.6 is 11.6 Å². The molecule has 0 unspecified atom stereocenters. The monoisotopic (exact) mass is 266 g/mol. The van der Waals surface area contributed by atoms with Crippen molar-refractivity contribution < 1.29 is 9.90 Å². The number of carbonyl (C=O) groups is 1. The van der Waals surface area contributed by atoms with Crippen molar-refractivity contribution in [3.05, 3.63) is 35.0 Å². The quantitative estimate of drug-likeness (QED) is 0.869. The molecule has 2 rings (SSSR count). The summed E-state index contributed by atoms with van der Waals surface area (Å²) in [7, 11) is 0. The van der Waals surface area contributed by atoms with Gasteiger partial charge in [0.05, 0.1) is 6.54 Å². The Morgan fingerprint density at radius 3 is 2.61 bits per heavy atom. The van der Waals surface area contributed by atoms with Gasteiger partial charge in [0.2, 0.25) is 0 Å². The molecule has 0 spiro atoms. The summed E-state index contributed by atoms with van der Waals surface area (Å²) in [6, 6.07) is 6.81. The van der Waals surface area contributed by atoms with E-state index in [9.17, 15) is 4.79 Å². The predicted octanol–water partition coefficient (Wildman–Crippen LogP) is 1.26. The van der Waals surface area contributed by atoms with Crippen LogP contribution in [0.25, 0.3) is 11.3 Å². The molecular formula is C11H11ClN4O2. The maximum atomic E-state index is 11.1. The molecule has 0 atom stereocenters. The van der Waals surface area contributed by atoms with Crippen LogP contribution in [0.1, 0.15) is 10.5 Å². The molecule has 0 fully saturated rings. The third-order valence-electron chi connectivity index (χ3n) is 2.40. The van der Waals surface area contributed by atoms with Crippen LogP contribution in [0, 0.1) is 0 Å². The number of nitrogens with zero attached hydrogens (tertiary/aromatic N) is 3. The normalized spacial score (nSPS) is 10.6. The van der Waals surface area contributed by atoms with Gasteiger partial charge in [-0.05, 0) is 12.1 Å². The molecule has 0 aliphatic rings. The van der Waals surface area contributed by atoms with Crippen LogP contribution in [-0.2, 0) is 6.54 Å². The highest BCUT2D eigenvalue weighted by molar-refractivity contribution is 6.30. The first-order valence-electron chi connectivity index (χ1n) is 5.26. The number of carboxylic acid groups (broad SMARTS) is 1. The third-order valence-corrected chi connectivity index (χ3v) is 2.65. The van der Waals surface area contributed by atoms with Crippen molar-refractivity contribution in [3.63, 3.8) is 0 Å². The van der Waals surface area contributed by atoms with Crippen molar-refractivity contribution in [1.82, 2.24) is 15.0 Å². The molecule has 18 heavy (non-hydrogen) atoms. The van der Waals surface area contributed by atoms with Gasteiger partial charge >= 0.3 is 5.97 Å². The third kappa shape index (κ3) is 2.34. The van der Waals surface area contributed by atoms with Gasteiger partial charge in [0.1, 0.15) is 5.69 Å². The number of carboxylic acids is 1. The molecule has 0 saturated heterocycles. The average Bonchev–Trinajstić information content (AvgIpc) is 2.75. The second-order valence-electron chi connectivity index (χ2n) is 3.61. The zero-order valence-corrected chi connectivity index (χ0v) is 10.1. The molecular weight excluding hydrogens is 256 g/mol. The lowest BCUT2D eigenvalue weighted by atomic mass is 10.1. The Balaban J connectivity index is 2.55. The lowest BCUT2D eigenvalue weighted by Gasteiger charge is -2.05. The minimum absolute atomic E-state index is 0.0919. The lowest BCUT2D eigenvalue weighted by molar-refractivity contribution is 0.0691. The molecule has 1 aromatic heterocycles. The molecule has 0 aliphatic carbocycles. The fourth-order valence-corrected chi connectivity index (χ4v) is 1.76. The Bertz CT molecular complexity index is 565. The van der Waals surface area contributed by atoms with Crippen molar-refractivity contribution in [3.8, 4) is 11.3 Å². The van der Waals surface area contributed by atoms with Crippen LogP contribution in [-0.4, -0.2) is 32.6 Å². The van der Waals surface area contributed by atoms with Crippen LogP contribution in [0.5, 0.6) is 0 Å². The smallest absolute Gasteiger partial charge is 0.358 e. The van der Waals surface area contributed by atoms with E-state index in [4.69, 9.17) is 22.4 Å². The van der Waals surface area contributed by atoms with Gasteiger partial charge in [-0.1, -0.05) is 28.9 Å². The van der Waals surface area contributed by atoms with Gasteiger partial charge < -0.3 is 10.8 Å². The van der Waals surface area contributed by atoms with E-state index in [-0.39, 0.29) is 5.69 Å². The minimum Gasteiger partial charge on any atom is -0.476 e. The van der Waals surface area contributed by atoms with Crippen LogP contribution in [0.15, 0.2) is 24.3 Å². The van der Waals surface area contributed by atoms with E-state index in [1.807, 2.05) is 0 Å². The van der Waals surface area contributed by atoms with E-state index < -0.39 is 5.97 Å². The summed E-state index contributed by atoms with van der Waals surface area (Å²) >= 11 is 5.80. The Hall–Kier alpha value is -1.92. The van der Waals surface area contributed by atoms with E-state index in [1.54, 1.807) is 24.3 Å². The number of aromatic carboxylic acids is 1. The first kappa shape index (κ1) is 12.5. The van der Waals surface area contributed by atoms with Crippen molar-refractivity contribution >= 4 is 17.6 Å². The Morgan fingerprint density at radius 1 is 1.39 bits per heavy atom. The van der Waals surface area contributed by atoms with Gasteiger partial charge in [-0.2, -0.15) is 0 Å². The number of rotatable bonds is 4. The second-order valence-corrected chi connectivity index (χ2v) is 4.05. The number of aromatic nitrogens is 3. The summed E-state index contributed by atoms with van der Waals surface area (Å²) in [4.78, 5) is 11.1. The van der Waals surface area contributed by atoms with Gasteiger partial charge in [0.15, 0.2) is 5.69 Å². The lowest BCUT2D eigenvalue weighted by Crippen LogP contribution is -2.12. The van der Waals surface area contributed by atoms with Gasteiger partial charge in [-0.3, -0.25) is 0 Å². The zero-order chi connectivity index (χ0) is 13.1. The van der Waals surface area contributed by atoms with Gasteiger partial charge in [-0.25, -0.2) is 9.48 Å². The fraction of sp³-hybridized carbons (Fsp3) is 0.182. The SMILES string of the molecule is NCCn1nnc(C(=O)O)c1-c1ccc(Cl)cc1. The maximum Gasteiger partial charge on any atom is 0.358 e. The molecule has 0 bridgehead atoms. The number of hydrogen-bond acceptors (Lipinski definition) is 4. The minimum atomic E-state index is -1.12. The zero-order valence-electron chi connectivity index (χ0n) is 9.38. The van der Waals surface area contributed by atoms with Crippen LogP contribution in [0.2, 0.25) is 5.02 Å². The molecule has 94 valence electrons. The first-order chi connectivity index (χ1) is 8.63. The highest BCUT2D eigenvalue weighted by atomic mass is 35.5. The van der Waals surface area contributed by atoms with Gasteiger partial charge in [-0.15, -0.1) is 5.10 Å². The van der Waals surface area contributed by atoms with E-state index in [0.717, 1.165) is 0 Å². The Labute approximate surface area is 108 Å². The molecule has 3 N–H and O–H groups in total. The number of hydrogen-bond donors (Lipinski definition) is 2. The number of halogens is 1. The Morgan fingerprint density at radius 2 is 2.06 bits per heavy atom. The van der Waals surface area contributed by atoms with Crippen LogP contribution in [0.3, 0.4) is 0 Å².